The van der Waals surface area contributed by atoms with E-state index in [2.05, 4.69) is 55.3 Å². The summed E-state index contributed by atoms with van der Waals surface area (Å²) in [5, 5.41) is 0. The van der Waals surface area contributed by atoms with Crippen molar-refractivity contribution in [1.82, 2.24) is 14.5 Å². The lowest BCUT2D eigenvalue weighted by Crippen LogP contribution is -2.55. The van der Waals surface area contributed by atoms with Gasteiger partial charge in [-0.05, 0) is 32.4 Å². The van der Waals surface area contributed by atoms with E-state index in [0.29, 0.717) is 0 Å². The molecule has 0 fully saturated rings. The van der Waals surface area contributed by atoms with Gasteiger partial charge >= 0.3 is 0 Å². The number of nitrogens with two attached hydrogens (primary N) is 1. The zero-order chi connectivity index (χ0) is 15.2. The van der Waals surface area contributed by atoms with E-state index in [1.54, 1.807) is 0 Å². The van der Waals surface area contributed by atoms with Crippen molar-refractivity contribution < 1.29 is 0 Å². The third kappa shape index (κ3) is 3.07. The molecule has 0 aliphatic rings. The van der Waals surface area contributed by atoms with E-state index in [0.717, 1.165) is 44.7 Å². The van der Waals surface area contributed by atoms with Crippen molar-refractivity contribution in [2.45, 2.75) is 72.0 Å². The second-order valence-corrected chi connectivity index (χ2v) is 5.44. The molecule has 116 valence electrons. The second-order valence-electron chi connectivity index (χ2n) is 5.44. The van der Waals surface area contributed by atoms with Crippen molar-refractivity contribution in [2.75, 3.05) is 13.1 Å². The molecule has 1 heterocycles. The molecule has 1 unspecified atom stereocenters. The molecule has 4 nitrogen and oxygen atoms in total. The monoisotopic (exact) mass is 280 g/mol. The summed E-state index contributed by atoms with van der Waals surface area (Å²) >= 11 is 0. The molecule has 0 saturated carbocycles. The van der Waals surface area contributed by atoms with Crippen LogP contribution in [0.1, 0.15) is 65.7 Å². The van der Waals surface area contributed by atoms with Crippen molar-refractivity contribution >= 4 is 0 Å². The number of aryl methyl sites for hydroxylation is 1. The Morgan fingerprint density at radius 1 is 1.20 bits per heavy atom. The van der Waals surface area contributed by atoms with E-state index in [9.17, 15) is 0 Å². The summed E-state index contributed by atoms with van der Waals surface area (Å²) in [6.45, 7) is 14.2. The molecular formula is C16H32N4. The summed E-state index contributed by atoms with van der Waals surface area (Å²) in [5.74, 6) is 1.03. The zero-order valence-electron chi connectivity index (χ0n) is 13.9. The van der Waals surface area contributed by atoms with Crippen LogP contribution >= 0.6 is 0 Å². The van der Waals surface area contributed by atoms with Crippen molar-refractivity contribution in [3.63, 3.8) is 0 Å². The van der Waals surface area contributed by atoms with E-state index in [-0.39, 0.29) is 11.6 Å². The lowest BCUT2D eigenvalue weighted by molar-refractivity contribution is 0.0585. The van der Waals surface area contributed by atoms with E-state index < -0.39 is 0 Å². The van der Waals surface area contributed by atoms with Crippen molar-refractivity contribution in [2.24, 2.45) is 5.73 Å². The van der Waals surface area contributed by atoms with Crippen LogP contribution in [-0.4, -0.2) is 33.1 Å². The first-order valence-electron chi connectivity index (χ1n) is 8.12. The van der Waals surface area contributed by atoms with E-state index in [4.69, 9.17) is 5.73 Å². The van der Waals surface area contributed by atoms with Gasteiger partial charge in [0, 0.05) is 24.5 Å². The maximum absolute atomic E-state index is 6.70. The first kappa shape index (κ1) is 17.2. The fourth-order valence-electron chi connectivity index (χ4n) is 3.46. The quantitative estimate of drug-likeness (QED) is 0.755. The Kier molecular flexibility index (Phi) is 6.69. The molecule has 0 bridgehead atoms. The highest BCUT2D eigenvalue weighted by molar-refractivity contribution is 5.09. The topological polar surface area (TPSA) is 47.1 Å². The number of nitrogens with zero attached hydrogens (tertiary/aromatic N) is 3. The Labute approximate surface area is 124 Å². The molecule has 0 saturated heterocycles. The molecule has 2 N–H and O–H groups in total. The van der Waals surface area contributed by atoms with E-state index >= 15 is 0 Å². The Morgan fingerprint density at radius 2 is 1.80 bits per heavy atom. The minimum atomic E-state index is -0.0426. The molecule has 0 aliphatic carbocycles. The average molecular weight is 280 g/mol. The first-order chi connectivity index (χ1) is 9.61. The fourth-order valence-corrected chi connectivity index (χ4v) is 3.46. The number of hydrogen-bond donors (Lipinski definition) is 1. The van der Waals surface area contributed by atoms with Crippen LogP contribution in [-0.2, 0) is 6.54 Å². The Balaban J connectivity index is 3.16. The molecular weight excluding hydrogens is 248 g/mol. The van der Waals surface area contributed by atoms with Crippen LogP contribution in [0.2, 0.25) is 0 Å². The van der Waals surface area contributed by atoms with Gasteiger partial charge in [-0.3, -0.25) is 4.90 Å². The molecule has 1 aromatic rings. The number of rotatable bonds is 9. The molecule has 1 rings (SSSR count). The molecule has 0 radical (unpaired) electrons. The van der Waals surface area contributed by atoms with Crippen LogP contribution in [0.3, 0.4) is 0 Å². The smallest absolute Gasteiger partial charge is 0.127 e. The Morgan fingerprint density at radius 3 is 2.25 bits per heavy atom. The number of aromatic nitrogens is 2. The summed E-state index contributed by atoms with van der Waals surface area (Å²) in [7, 11) is 0. The summed E-state index contributed by atoms with van der Waals surface area (Å²) < 4.78 is 2.22. The summed E-state index contributed by atoms with van der Waals surface area (Å²) in [4.78, 5) is 7.06. The number of likely N-dealkylation sites (N-methyl/N-ethyl adjacent to an activating group) is 1. The average Bonchev–Trinajstić information content (AvgIpc) is 2.92. The van der Waals surface area contributed by atoms with Crippen LogP contribution in [0.25, 0.3) is 0 Å². The van der Waals surface area contributed by atoms with Crippen LogP contribution in [0.5, 0.6) is 0 Å². The van der Waals surface area contributed by atoms with E-state index in [1.807, 2.05) is 6.20 Å². The fraction of sp³-hybridized carbons (Fsp3) is 0.812. The maximum atomic E-state index is 6.70. The van der Waals surface area contributed by atoms with Gasteiger partial charge in [0.2, 0.25) is 0 Å². The highest BCUT2D eigenvalue weighted by Gasteiger charge is 2.40. The molecule has 1 aromatic heterocycles. The van der Waals surface area contributed by atoms with Gasteiger partial charge in [0.25, 0.3) is 0 Å². The van der Waals surface area contributed by atoms with Gasteiger partial charge in [0.05, 0.1) is 6.04 Å². The standard InChI is InChI=1S/C16H32N4/c1-6-12-19-13-11-18-15(19)14(17)16(7-2,8-3)20(9-4)10-5/h11,13-14H,6-10,12,17H2,1-5H3. The Bertz CT molecular complexity index is 378. The van der Waals surface area contributed by atoms with Gasteiger partial charge in [-0.15, -0.1) is 0 Å². The van der Waals surface area contributed by atoms with Gasteiger partial charge in [-0.25, -0.2) is 4.98 Å². The summed E-state index contributed by atoms with van der Waals surface area (Å²) in [6.07, 6.45) is 7.13. The molecule has 4 heteroatoms. The molecule has 0 amide bonds. The largest absolute Gasteiger partial charge is 0.334 e. The molecule has 20 heavy (non-hydrogen) atoms. The van der Waals surface area contributed by atoms with Crippen molar-refractivity contribution in [1.29, 1.82) is 0 Å². The predicted octanol–water partition coefficient (Wildman–Crippen LogP) is 3.19. The first-order valence-corrected chi connectivity index (χ1v) is 8.12. The van der Waals surface area contributed by atoms with Gasteiger partial charge < -0.3 is 10.3 Å². The molecule has 0 spiro atoms. The highest BCUT2D eigenvalue weighted by atomic mass is 15.2. The molecule has 1 atom stereocenters. The lowest BCUT2D eigenvalue weighted by atomic mass is 9.82. The van der Waals surface area contributed by atoms with Crippen LogP contribution in [0.4, 0.5) is 0 Å². The third-order valence-corrected chi connectivity index (χ3v) is 4.69. The minimum Gasteiger partial charge on any atom is -0.334 e. The summed E-state index contributed by atoms with van der Waals surface area (Å²) in [5.41, 5.74) is 6.70. The number of imidazole rings is 1. The third-order valence-electron chi connectivity index (χ3n) is 4.69. The SMILES string of the molecule is CCCn1ccnc1C(N)C(CC)(CC)N(CC)CC. The zero-order valence-corrected chi connectivity index (χ0v) is 13.9. The van der Waals surface area contributed by atoms with Gasteiger partial charge in [0.1, 0.15) is 5.82 Å². The Hall–Kier alpha value is -0.870. The van der Waals surface area contributed by atoms with Crippen molar-refractivity contribution in [3.05, 3.63) is 18.2 Å². The normalized spacial score (nSPS) is 13.9. The van der Waals surface area contributed by atoms with Crippen molar-refractivity contribution in [3.8, 4) is 0 Å². The van der Waals surface area contributed by atoms with Gasteiger partial charge in [-0.1, -0.05) is 34.6 Å². The molecule has 0 aliphatic heterocycles. The van der Waals surface area contributed by atoms with Crippen LogP contribution < -0.4 is 5.73 Å². The van der Waals surface area contributed by atoms with Gasteiger partial charge in [0.15, 0.2) is 0 Å². The predicted molar refractivity (Wildman–Crippen MR) is 85.7 cm³/mol. The van der Waals surface area contributed by atoms with Crippen LogP contribution in [0, 0.1) is 0 Å². The van der Waals surface area contributed by atoms with Crippen LogP contribution in [0.15, 0.2) is 12.4 Å². The maximum Gasteiger partial charge on any atom is 0.127 e. The van der Waals surface area contributed by atoms with Gasteiger partial charge in [-0.2, -0.15) is 0 Å². The highest BCUT2D eigenvalue weighted by Crippen LogP contribution is 2.35. The summed E-state index contributed by atoms with van der Waals surface area (Å²) in [6, 6.07) is -0.0426. The number of hydrogen-bond acceptors (Lipinski definition) is 3. The minimum absolute atomic E-state index is 0.000342. The lowest BCUT2D eigenvalue weighted by Gasteiger charge is -2.46. The molecule has 0 aromatic carbocycles. The van der Waals surface area contributed by atoms with E-state index in [1.165, 1.54) is 0 Å². The second kappa shape index (κ2) is 7.79.